The summed E-state index contributed by atoms with van der Waals surface area (Å²) in [4.78, 5) is 0. The van der Waals surface area contributed by atoms with Crippen LogP contribution in [-0.4, -0.2) is 15.3 Å². The Morgan fingerprint density at radius 2 is 1.35 bits per heavy atom. The number of hydrogen-bond donors (Lipinski definition) is 3. The lowest BCUT2D eigenvalue weighted by Gasteiger charge is -2.20. The first-order valence-corrected chi connectivity index (χ1v) is 8.85. The van der Waals surface area contributed by atoms with Gasteiger partial charge >= 0.3 is 0 Å². The van der Waals surface area contributed by atoms with Crippen molar-refractivity contribution < 1.29 is 15.3 Å². The molecule has 0 aromatic heterocycles. The van der Waals surface area contributed by atoms with E-state index in [0.29, 0.717) is 0 Å². The van der Waals surface area contributed by atoms with Crippen LogP contribution in [0.3, 0.4) is 0 Å². The fourth-order valence-corrected chi connectivity index (χ4v) is 3.38. The molecule has 3 heteroatoms. The summed E-state index contributed by atoms with van der Waals surface area (Å²) in [6, 6.07) is 23.6. The highest BCUT2D eigenvalue weighted by Gasteiger charge is 2.15. The fourth-order valence-electron chi connectivity index (χ4n) is 3.38. The summed E-state index contributed by atoms with van der Waals surface area (Å²) in [5.41, 5.74) is 4.96. The van der Waals surface area contributed by atoms with Crippen molar-refractivity contribution in [2.24, 2.45) is 0 Å². The van der Waals surface area contributed by atoms with E-state index in [9.17, 15) is 15.3 Å². The molecule has 3 nitrogen and oxygen atoms in total. The van der Waals surface area contributed by atoms with Gasteiger partial charge < -0.3 is 15.3 Å². The molecule has 1 atom stereocenters. The van der Waals surface area contributed by atoms with E-state index < -0.39 is 0 Å². The van der Waals surface area contributed by atoms with Gasteiger partial charge in [-0.1, -0.05) is 60.7 Å². The highest BCUT2D eigenvalue weighted by atomic mass is 16.3. The van der Waals surface area contributed by atoms with E-state index in [1.165, 1.54) is 5.56 Å². The van der Waals surface area contributed by atoms with Gasteiger partial charge in [0.05, 0.1) is 13.2 Å². The Balaban J connectivity index is 1.94. The van der Waals surface area contributed by atoms with E-state index in [1.807, 2.05) is 48.5 Å². The molecule has 0 heterocycles. The first kappa shape index (κ1) is 18.2. The third-order valence-corrected chi connectivity index (χ3v) is 4.76. The van der Waals surface area contributed by atoms with E-state index in [1.54, 1.807) is 12.1 Å². The molecule has 0 aliphatic rings. The lowest BCUT2D eigenvalue weighted by atomic mass is 9.85. The zero-order chi connectivity index (χ0) is 18.4. The Morgan fingerprint density at radius 1 is 0.654 bits per heavy atom. The Morgan fingerprint density at radius 3 is 2.04 bits per heavy atom. The van der Waals surface area contributed by atoms with Crippen molar-refractivity contribution in [3.8, 4) is 5.75 Å². The van der Waals surface area contributed by atoms with Gasteiger partial charge in [0.25, 0.3) is 0 Å². The van der Waals surface area contributed by atoms with Crippen LogP contribution in [0.1, 0.15) is 33.7 Å². The van der Waals surface area contributed by atoms with Gasteiger partial charge in [-0.15, -0.1) is 0 Å². The second-order valence-corrected chi connectivity index (χ2v) is 6.61. The third-order valence-electron chi connectivity index (χ3n) is 4.76. The van der Waals surface area contributed by atoms with E-state index >= 15 is 0 Å². The molecule has 0 spiro atoms. The van der Waals surface area contributed by atoms with Crippen molar-refractivity contribution in [1.82, 2.24) is 0 Å². The van der Waals surface area contributed by atoms with Crippen molar-refractivity contribution in [3.05, 3.63) is 101 Å². The van der Waals surface area contributed by atoms with Gasteiger partial charge in [0, 0.05) is 0 Å². The number of phenolic OH excluding ortho intramolecular Hbond substituents is 1. The maximum Gasteiger partial charge on any atom is 0.115 e. The maximum atomic E-state index is 9.78. The molecule has 0 amide bonds. The molecule has 0 aliphatic heterocycles. The lowest BCUT2D eigenvalue weighted by Crippen LogP contribution is -2.08. The Hall–Kier alpha value is -2.62. The van der Waals surface area contributed by atoms with Crippen LogP contribution in [0, 0.1) is 0 Å². The molecule has 1 unspecified atom stereocenters. The third kappa shape index (κ3) is 4.51. The van der Waals surface area contributed by atoms with E-state index in [2.05, 4.69) is 12.1 Å². The minimum Gasteiger partial charge on any atom is -0.508 e. The molecule has 0 radical (unpaired) electrons. The van der Waals surface area contributed by atoms with Crippen LogP contribution in [0.2, 0.25) is 0 Å². The van der Waals surface area contributed by atoms with Gasteiger partial charge in [0.15, 0.2) is 0 Å². The molecule has 134 valence electrons. The zero-order valence-corrected chi connectivity index (χ0v) is 14.7. The van der Waals surface area contributed by atoms with Crippen LogP contribution in [0.4, 0.5) is 0 Å². The average molecular weight is 348 g/mol. The minimum atomic E-state index is -0.0894. The van der Waals surface area contributed by atoms with Gasteiger partial charge in [-0.25, -0.2) is 0 Å². The zero-order valence-electron chi connectivity index (χ0n) is 14.7. The van der Waals surface area contributed by atoms with Crippen molar-refractivity contribution >= 4 is 0 Å². The summed E-state index contributed by atoms with van der Waals surface area (Å²) < 4.78 is 0. The number of rotatable bonds is 7. The van der Waals surface area contributed by atoms with Crippen molar-refractivity contribution in [2.75, 3.05) is 0 Å². The van der Waals surface area contributed by atoms with Crippen LogP contribution in [0.25, 0.3) is 0 Å². The smallest absolute Gasteiger partial charge is 0.115 e. The first-order chi connectivity index (χ1) is 12.7. The Labute approximate surface area is 154 Å². The highest BCUT2D eigenvalue weighted by molar-refractivity contribution is 5.36. The molecule has 0 bridgehead atoms. The van der Waals surface area contributed by atoms with Crippen LogP contribution < -0.4 is 0 Å². The van der Waals surface area contributed by atoms with E-state index in [4.69, 9.17) is 0 Å². The topological polar surface area (TPSA) is 60.7 Å². The summed E-state index contributed by atoms with van der Waals surface area (Å²) >= 11 is 0. The summed E-state index contributed by atoms with van der Waals surface area (Å²) in [7, 11) is 0. The Kier molecular flexibility index (Phi) is 6.05. The van der Waals surface area contributed by atoms with Gasteiger partial charge in [0.1, 0.15) is 5.75 Å². The fraction of sp³-hybridized carbons (Fsp3) is 0.217. The minimum absolute atomic E-state index is 0.0773. The molecule has 0 aliphatic carbocycles. The van der Waals surface area contributed by atoms with Gasteiger partial charge in [-0.3, -0.25) is 0 Å². The predicted molar refractivity (Wildman–Crippen MR) is 103 cm³/mol. The lowest BCUT2D eigenvalue weighted by molar-refractivity contribution is 0.260. The second kappa shape index (κ2) is 8.65. The number of benzene rings is 3. The first-order valence-electron chi connectivity index (χ1n) is 8.85. The standard InChI is InChI=1S/C23H24O3/c24-15-20-10-9-19(14-22(20)16-25)21(11-17-5-2-1-3-6-17)12-18-7-4-8-23(26)13-18/h1-10,13-14,21,24-26H,11-12,15-16H2. The van der Waals surface area contributed by atoms with Crippen LogP contribution in [-0.2, 0) is 26.1 Å². The molecular formula is C23H24O3. The number of aromatic hydroxyl groups is 1. The summed E-state index contributed by atoms with van der Waals surface area (Å²) in [5, 5.41) is 28.8. The number of phenols is 1. The Bertz CT molecular complexity index is 843. The normalized spacial score (nSPS) is 12.1. The van der Waals surface area contributed by atoms with E-state index in [0.717, 1.165) is 35.1 Å². The van der Waals surface area contributed by atoms with Gasteiger partial charge in [-0.2, -0.15) is 0 Å². The molecule has 3 aromatic carbocycles. The molecular weight excluding hydrogens is 324 g/mol. The van der Waals surface area contributed by atoms with Crippen LogP contribution in [0.5, 0.6) is 5.75 Å². The van der Waals surface area contributed by atoms with Crippen molar-refractivity contribution in [1.29, 1.82) is 0 Å². The van der Waals surface area contributed by atoms with Crippen molar-refractivity contribution in [3.63, 3.8) is 0 Å². The molecule has 0 fully saturated rings. The second-order valence-electron chi connectivity index (χ2n) is 6.61. The molecule has 0 saturated carbocycles. The number of hydrogen-bond acceptors (Lipinski definition) is 3. The molecule has 3 rings (SSSR count). The largest absolute Gasteiger partial charge is 0.508 e. The number of aliphatic hydroxyl groups excluding tert-OH is 2. The van der Waals surface area contributed by atoms with Gasteiger partial charge in [0.2, 0.25) is 0 Å². The average Bonchev–Trinajstić information content (AvgIpc) is 2.68. The highest BCUT2D eigenvalue weighted by Crippen LogP contribution is 2.28. The van der Waals surface area contributed by atoms with Crippen LogP contribution in [0.15, 0.2) is 72.8 Å². The molecule has 3 aromatic rings. The van der Waals surface area contributed by atoms with E-state index in [-0.39, 0.29) is 24.9 Å². The summed E-state index contributed by atoms with van der Waals surface area (Å²) in [6.45, 7) is -0.167. The predicted octanol–water partition coefficient (Wildman–Crippen LogP) is 3.95. The SMILES string of the molecule is OCc1ccc(C(Cc2ccccc2)Cc2cccc(O)c2)cc1CO. The van der Waals surface area contributed by atoms with Gasteiger partial charge in [-0.05, 0) is 58.7 Å². The maximum absolute atomic E-state index is 9.78. The number of aliphatic hydroxyl groups is 2. The summed E-state index contributed by atoms with van der Waals surface area (Å²) in [6.07, 6.45) is 1.65. The summed E-state index contributed by atoms with van der Waals surface area (Å²) in [5.74, 6) is 0.477. The molecule has 3 N–H and O–H groups in total. The quantitative estimate of drug-likeness (QED) is 0.606. The molecule has 0 saturated heterocycles. The molecule has 26 heavy (non-hydrogen) atoms. The van der Waals surface area contributed by atoms with Crippen molar-refractivity contribution in [2.45, 2.75) is 32.0 Å². The monoisotopic (exact) mass is 348 g/mol. The van der Waals surface area contributed by atoms with Crippen LogP contribution >= 0.6 is 0 Å².